The summed E-state index contributed by atoms with van der Waals surface area (Å²) in [6.45, 7) is 1.88. The molecule has 15 heavy (non-hydrogen) atoms. The van der Waals surface area contributed by atoms with Crippen LogP contribution in [0.4, 0.5) is 0 Å². The van der Waals surface area contributed by atoms with E-state index in [0.717, 1.165) is 5.56 Å². The Morgan fingerprint density at radius 1 is 1.60 bits per heavy atom. The summed E-state index contributed by atoms with van der Waals surface area (Å²) in [5.74, 6) is -1.09. The molecule has 0 saturated heterocycles. The van der Waals surface area contributed by atoms with Gasteiger partial charge < -0.3 is 10.8 Å². The van der Waals surface area contributed by atoms with Crippen molar-refractivity contribution in [1.29, 1.82) is 0 Å². The van der Waals surface area contributed by atoms with E-state index in [1.54, 1.807) is 12.4 Å². The molecule has 0 aliphatic heterocycles. The minimum Gasteiger partial charge on any atom is -0.480 e. The minimum absolute atomic E-state index is 0.419. The van der Waals surface area contributed by atoms with Gasteiger partial charge in [-0.3, -0.25) is 4.79 Å². The number of aromatic nitrogens is 3. The number of hydrogen-bond acceptors (Lipinski definition) is 4. The quantitative estimate of drug-likeness (QED) is 0.728. The van der Waals surface area contributed by atoms with Gasteiger partial charge in [-0.2, -0.15) is 5.10 Å². The van der Waals surface area contributed by atoms with Gasteiger partial charge in [-0.15, -0.1) is 0 Å². The van der Waals surface area contributed by atoms with Crippen LogP contribution in [0.1, 0.15) is 17.2 Å². The standard InChI is InChI=1S/C9H10N4O2/c1-5-2-11-8-6(7(10)9(14)15)3-12-13(8)4-5/h2-4,7H,10H2,1H3,(H,14,15). The van der Waals surface area contributed by atoms with Crippen molar-refractivity contribution < 1.29 is 9.90 Å². The molecule has 0 spiro atoms. The van der Waals surface area contributed by atoms with Crippen molar-refractivity contribution in [1.82, 2.24) is 14.6 Å². The van der Waals surface area contributed by atoms with Crippen LogP contribution in [0.3, 0.4) is 0 Å². The van der Waals surface area contributed by atoms with Crippen molar-refractivity contribution in [3.8, 4) is 0 Å². The molecule has 0 bridgehead atoms. The van der Waals surface area contributed by atoms with Gasteiger partial charge in [0.05, 0.1) is 6.20 Å². The largest absolute Gasteiger partial charge is 0.480 e. The summed E-state index contributed by atoms with van der Waals surface area (Å²) < 4.78 is 1.52. The number of hydrogen-bond donors (Lipinski definition) is 2. The molecule has 0 saturated carbocycles. The van der Waals surface area contributed by atoms with Crippen LogP contribution in [0, 0.1) is 6.92 Å². The molecule has 0 aromatic carbocycles. The second-order valence-corrected chi connectivity index (χ2v) is 3.32. The van der Waals surface area contributed by atoms with Crippen LogP contribution in [-0.2, 0) is 4.79 Å². The van der Waals surface area contributed by atoms with Crippen LogP contribution in [0.2, 0.25) is 0 Å². The monoisotopic (exact) mass is 206 g/mol. The second-order valence-electron chi connectivity index (χ2n) is 3.32. The number of carboxylic acid groups (broad SMARTS) is 1. The molecule has 3 N–H and O–H groups in total. The molecule has 1 atom stereocenters. The molecule has 2 aromatic heterocycles. The van der Waals surface area contributed by atoms with Crippen molar-refractivity contribution in [2.75, 3.05) is 0 Å². The third kappa shape index (κ3) is 1.55. The van der Waals surface area contributed by atoms with Gasteiger partial charge in [0, 0.05) is 18.0 Å². The number of aliphatic carboxylic acids is 1. The number of carboxylic acids is 1. The summed E-state index contributed by atoms with van der Waals surface area (Å²) in [7, 11) is 0. The average Bonchev–Trinajstić information content (AvgIpc) is 2.59. The fourth-order valence-electron chi connectivity index (χ4n) is 1.34. The molecule has 1 unspecified atom stereocenters. The van der Waals surface area contributed by atoms with Crippen LogP contribution >= 0.6 is 0 Å². The van der Waals surface area contributed by atoms with E-state index in [4.69, 9.17) is 10.8 Å². The van der Waals surface area contributed by atoms with Crippen LogP contribution in [0.25, 0.3) is 5.65 Å². The summed E-state index contributed by atoms with van der Waals surface area (Å²) in [6, 6.07) is -1.09. The molecule has 0 amide bonds. The van der Waals surface area contributed by atoms with Gasteiger partial charge in [-0.25, -0.2) is 9.50 Å². The first kappa shape index (κ1) is 9.60. The lowest BCUT2D eigenvalue weighted by Crippen LogP contribution is -2.20. The van der Waals surface area contributed by atoms with Gasteiger partial charge in [0.25, 0.3) is 0 Å². The Hall–Kier alpha value is -1.95. The normalized spacial score (nSPS) is 12.9. The second kappa shape index (κ2) is 3.32. The molecule has 0 aliphatic carbocycles. The molecule has 2 aromatic rings. The SMILES string of the molecule is Cc1cnc2c(C(N)C(=O)O)cnn2c1. The Morgan fingerprint density at radius 2 is 2.33 bits per heavy atom. The van der Waals surface area contributed by atoms with Gasteiger partial charge in [-0.05, 0) is 12.5 Å². The highest BCUT2D eigenvalue weighted by Crippen LogP contribution is 2.15. The number of fused-ring (bicyclic) bond motifs is 1. The molecule has 0 radical (unpaired) electrons. The molecule has 6 nitrogen and oxygen atoms in total. The Bertz CT molecular complexity index is 520. The number of aryl methyl sites for hydroxylation is 1. The van der Waals surface area contributed by atoms with Crippen molar-refractivity contribution >= 4 is 11.6 Å². The molecular formula is C9H10N4O2. The van der Waals surface area contributed by atoms with E-state index >= 15 is 0 Å². The summed E-state index contributed by atoms with van der Waals surface area (Å²) in [5, 5.41) is 12.8. The minimum atomic E-state index is -1.09. The Kier molecular flexibility index (Phi) is 2.12. The van der Waals surface area contributed by atoms with E-state index < -0.39 is 12.0 Å². The highest BCUT2D eigenvalue weighted by molar-refractivity contribution is 5.77. The number of carbonyl (C=O) groups is 1. The molecule has 78 valence electrons. The van der Waals surface area contributed by atoms with Crippen molar-refractivity contribution in [2.45, 2.75) is 13.0 Å². The van der Waals surface area contributed by atoms with Crippen LogP contribution < -0.4 is 5.73 Å². The first-order chi connectivity index (χ1) is 7.09. The molecule has 6 heteroatoms. The first-order valence-electron chi connectivity index (χ1n) is 4.38. The van der Waals surface area contributed by atoms with Crippen molar-refractivity contribution in [3.05, 3.63) is 29.7 Å². The van der Waals surface area contributed by atoms with Crippen LogP contribution in [0.5, 0.6) is 0 Å². The van der Waals surface area contributed by atoms with Crippen LogP contribution in [0.15, 0.2) is 18.6 Å². The zero-order valence-electron chi connectivity index (χ0n) is 8.08. The summed E-state index contributed by atoms with van der Waals surface area (Å²) >= 11 is 0. The lowest BCUT2D eigenvalue weighted by atomic mass is 10.2. The van der Waals surface area contributed by atoms with Crippen LogP contribution in [-0.4, -0.2) is 25.7 Å². The average molecular weight is 206 g/mol. The smallest absolute Gasteiger partial charge is 0.325 e. The van der Waals surface area contributed by atoms with Gasteiger partial charge in [0.15, 0.2) is 5.65 Å². The van der Waals surface area contributed by atoms with E-state index in [1.165, 1.54) is 10.7 Å². The van der Waals surface area contributed by atoms with Crippen molar-refractivity contribution in [2.24, 2.45) is 5.73 Å². The van der Waals surface area contributed by atoms with Gasteiger partial charge in [-0.1, -0.05) is 0 Å². The molecule has 2 heterocycles. The highest BCUT2D eigenvalue weighted by Gasteiger charge is 2.19. The van der Waals surface area contributed by atoms with Gasteiger partial charge in [0.1, 0.15) is 6.04 Å². The Labute approximate surface area is 85.3 Å². The highest BCUT2D eigenvalue weighted by atomic mass is 16.4. The van der Waals surface area contributed by atoms with E-state index in [1.807, 2.05) is 6.92 Å². The molecule has 0 aliphatic rings. The molecular weight excluding hydrogens is 196 g/mol. The maximum Gasteiger partial charge on any atom is 0.325 e. The van der Waals surface area contributed by atoms with E-state index in [2.05, 4.69) is 10.1 Å². The van der Waals surface area contributed by atoms with Crippen molar-refractivity contribution in [3.63, 3.8) is 0 Å². The summed E-state index contributed by atoms with van der Waals surface area (Å²) in [5.41, 5.74) is 7.34. The van der Waals surface area contributed by atoms with E-state index in [0.29, 0.717) is 11.2 Å². The predicted octanol–water partition coefficient (Wildman–Crippen LogP) is 0.122. The number of rotatable bonds is 2. The number of nitrogens with two attached hydrogens (primary N) is 1. The fraction of sp³-hybridized carbons (Fsp3) is 0.222. The third-order valence-electron chi connectivity index (χ3n) is 2.11. The topological polar surface area (TPSA) is 93.5 Å². The third-order valence-corrected chi connectivity index (χ3v) is 2.11. The lowest BCUT2D eigenvalue weighted by molar-refractivity contribution is -0.138. The predicted molar refractivity (Wildman–Crippen MR) is 52.3 cm³/mol. The maximum absolute atomic E-state index is 10.7. The summed E-state index contributed by atoms with van der Waals surface area (Å²) in [6.07, 6.45) is 4.84. The van der Waals surface area contributed by atoms with Gasteiger partial charge >= 0.3 is 5.97 Å². The molecule has 2 rings (SSSR count). The fourth-order valence-corrected chi connectivity index (χ4v) is 1.34. The zero-order chi connectivity index (χ0) is 11.0. The Balaban J connectivity index is 2.59. The van der Waals surface area contributed by atoms with E-state index in [9.17, 15) is 4.79 Å². The zero-order valence-corrected chi connectivity index (χ0v) is 8.08. The summed E-state index contributed by atoms with van der Waals surface area (Å²) in [4.78, 5) is 14.8. The first-order valence-corrected chi connectivity index (χ1v) is 4.38. The maximum atomic E-state index is 10.7. The van der Waals surface area contributed by atoms with E-state index in [-0.39, 0.29) is 0 Å². The molecule has 0 fully saturated rings. The number of nitrogens with zero attached hydrogens (tertiary/aromatic N) is 3. The lowest BCUT2D eigenvalue weighted by Gasteiger charge is -2.03. The van der Waals surface area contributed by atoms with Gasteiger partial charge in [0.2, 0.25) is 0 Å². The Morgan fingerprint density at radius 3 is 3.00 bits per heavy atom.